The summed E-state index contributed by atoms with van der Waals surface area (Å²) in [6.07, 6.45) is -1.21. The molecular weight excluding hydrogens is 302 g/mol. The molecule has 1 fully saturated rings. The van der Waals surface area contributed by atoms with Gasteiger partial charge in [0.2, 0.25) is 10.0 Å². The molecule has 1 saturated heterocycles. The van der Waals surface area contributed by atoms with Gasteiger partial charge in [0.15, 0.2) is 9.84 Å². The van der Waals surface area contributed by atoms with E-state index in [2.05, 4.69) is 4.72 Å². The Kier molecular flexibility index (Phi) is 3.94. The van der Waals surface area contributed by atoms with E-state index in [1.54, 1.807) is 26.0 Å². The fourth-order valence-electron chi connectivity index (χ4n) is 2.20. The zero-order valence-electron chi connectivity index (χ0n) is 11.2. The lowest BCUT2D eigenvalue weighted by Crippen LogP contribution is -2.42. The first-order chi connectivity index (χ1) is 9.11. The summed E-state index contributed by atoms with van der Waals surface area (Å²) in [6, 6.07) is 4.01. The maximum atomic E-state index is 12.3. The number of hydrogen-bond acceptors (Lipinski definition) is 5. The molecule has 0 spiro atoms. The van der Waals surface area contributed by atoms with Crippen LogP contribution in [0.25, 0.3) is 0 Å². The van der Waals surface area contributed by atoms with Crippen LogP contribution in [0.15, 0.2) is 23.1 Å². The Bertz CT molecular complexity index is 724. The molecule has 1 aliphatic heterocycles. The molecule has 0 amide bonds. The molecule has 6 nitrogen and oxygen atoms in total. The van der Waals surface area contributed by atoms with Crippen LogP contribution in [0.5, 0.6) is 0 Å². The third-order valence-electron chi connectivity index (χ3n) is 3.26. The van der Waals surface area contributed by atoms with Crippen LogP contribution in [0.1, 0.15) is 11.1 Å². The van der Waals surface area contributed by atoms with Gasteiger partial charge in [0.1, 0.15) is 0 Å². The second-order valence-corrected chi connectivity index (χ2v) is 8.98. The molecule has 1 heterocycles. The Hall–Kier alpha value is -0.960. The number of aryl methyl sites for hydroxylation is 2. The van der Waals surface area contributed by atoms with Crippen molar-refractivity contribution in [2.24, 2.45) is 0 Å². The van der Waals surface area contributed by atoms with Gasteiger partial charge in [-0.15, -0.1) is 0 Å². The molecule has 0 aromatic heterocycles. The number of nitrogens with one attached hydrogen (secondary N) is 1. The summed E-state index contributed by atoms with van der Waals surface area (Å²) in [6.45, 7) is 3.43. The number of sulfonamides is 1. The molecule has 112 valence electrons. The van der Waals surface area contributed by atoms with Crippen LogP contribution in [0.4, 0.5) is 0 Å². The van der Waals surface area contributed by atoms with Gasteiger partial charge in [-0.2, -0.15) is 0 Å². The summed E-state index contributed by atoms with van der Waals surface area (Å²) in [5.74, 6) is -0.786. The molecule has 1 aromatic carbocycles. The molecule has 0 bridgehead atoms. The topological polar surface area (TPSA) is 101 Å². The van der Waals surface area contributed by atoms with E-state index >= 15 is 0 Å². The quantitative estimate of drug-likeness (QED) is 0.799. The van der Waals surface area contributed by atoms with Gasteiger partial charge in [0.05, 0.1) is 28.5 Å². The van der Waals surface area contributed by atoms with Crippen molar-refractivity contribution in [2.75, 3.05) is 11.5 Å². The Morgan fingerprint density at radius 2 is 1.90 bits per heavy atom. The molecule has 0 radical (unpaired) electrons. The number of rotatable bonds is 3. The smallest absolute Gasteiger partial charge is 0.241 e. The van der Waals surface area contributed by atoms with E-state index in [-0.39, 0.29) is 10.6 Å². The molecule has 2 rings (SSSR count). The number of aliphatic hydroxyl groups excluding tert-OH is 1. The summed E-state index contributed by atoms with van der Waals surface area (Å²) < 4.78 is 49.7. The lowest BCUT2D eigenvalue weighted by Gasteiger charge is -2.16. The van der Waals surface area contributed by atoms with Crippen molar-refractivity contribution in [1.82, 2.24) is 4.72 Å². The molecule has 1 aromatic rings. The predicted molar refractivity (Wildman–Crippen MR) is 74.7 cm³/mol. The fourth-order valence-corrected chi connectivity index (χ4v) is 5.65. The molecule has 2 atom stereocenters. The summed E-state index contributed by atoms with van der Waals surface area (Å²) in [7, 11) is -7.25. The Labute approximate surface area is 118 Å². The average Bonchev–Trinajstić information content (AvgIpc) is 2.54. The van der Waals surface area contributed by atoms with Gasteiger partial charge in [-0.25, -0.2) is 21.6 Å². The van der Waals surface area contributed by atoms with E-state index in [0.717, 1.165) is 5.56 Å². The second kappa shape index (κ2) is 5.10. The molecular formula is C12H17NO5S2. The molecule has 0 aliphatic carbocycles. The van der Waals surface area contributed by atoms with Crippen LogP contribution in [0.2, 0.25) is 0 Å². The van der Waals surface area contributed by atoms with Gasteiger partial charge in [0, 0.05) is 0 Å². The summed E-state index contributed by atoms with van der Waals surface area (Å²) >= 11 is 0. The highest BCUT2D eigenvalue weighted by atomic mass is 32.2. The maximum absolute atomic E-state index is 12.3. The highest BCUT2D eigenvalue weighted by molar-refractivity contribution is 7.92. The fraction of sp³-hybridized carbons (Fsp3) is 0.500. The lowest BCUT2D eigenvalue weighted by molar-refractivity contribution is 0.176. The van der Waals surface area contributed by atoms with Crippen molar-refractivity contribution >= 4 is 19.9 Å². The van der Waals surface area contributed by atoms with Crippen molar-refractivity contribution in [3.8, 4) is 0 Å². The van der Waals surface area contributed by atoms with Gasteiger partial charge < -0.3 is 5.11 Å². The standard InChI is InChI=1S/C12H17NO5S2/c1-8-3-4-9(2)12(5-8)20(17,18)13-10-6-19(15,16)7-11(10)14/h3-5,10-11,13-14H,6-7H2,1-2H3/t10-,11-/m1/s1. The van der Waals surface area contributed by atoms with Crippen molar-refractivity contribution in [2.45, 2.75) is 30.9 Å². The van der Waals surface area contributed by atoms with E-state index in [4.69, 9.17) is 0 Å². The molecule has 2 N–H and O–H groups in total. The van der Waals surface area contributed by atoms with Crippen molar-refractivity contribution < 1.29 is 21.9 Å². The molecule has 1 aliphatic rings. The van der Waals surface area contributed by atoms with Gasteiger partial charge in [-0.3, -0.25) is 0 Å². The van der Waals surface area contributed by atoms with Gasteiger partial charge in [-0.05, 0) is 31.0 Å². The third kappa shape index (κ3) is 3.20. The van der Waals surface area contributed by atoms with E-state index < -0.39 is 37.8 Å². The number of hydrogen-bond donors (Lipinski definition) is 2. The minimum atomic E-state index is -3.85. The Morgan fingerprint density at radius 1 is 1.25 bits per heavy atom. The summed E-state index contributed by atoms with van der Waals surface area (Å²) in [4.78, 5) is 0.106. The second-order valence-electron chi connectivity index (χ2n) is 5.14. The molecule has 0 saturated carbocycles. The average molecular weight is 319 g/mol. The normalized spacial score (nSPS) is 25.8. The van der Waals surface area contributed by atoms with Gasteiger partial charge in [0.25, 0.3) is 0 Å². The zero-order valence-corrected chi connectivity index (χ0v) is 12.8. The minimum absolute atomic E-state index is 0.106. The molecule has 8 heteroatoms. The predicted octanol–water partition coefficient (Wildman–Crippen LogP) is -0.260. The highest BCUT2D eigenvalue weighted by Gasteiger charge is 2.39. The summed E-state index contributed by atoms with van der Waals surface area (Å²) in [5, 5.41) is 9.65. The SMILES string of the molecule is Cc1ccc(C)c(S(=O)(=O)N[C@@H]2CS(=O)(=O)C[C@H]2O)c1. The van der Waals surface area contributed by atoms with Crippen LogP contribution in [-0.2, 0) is 19.9 Å². The Morgan fingerprint density at radius 3 is 2.45 bits per heavy atom. The van der Waals surface area contributed by atoms with E-state index in [1.165, 1.54) is 6.07 Å². The number of sulfone groups is 1. The van der Waals surface area contributed by atoms with Gasteiger partial charge >= 0.3 is 0 Å². The number of aliphatic hydroxyl groups is 1. The first-order valence-corrected chi connectivity index (χ1v) is 9.39. The maximum Gasteiger partial charge on any atom is 0.241 e. The van der Waals surface area contributed by atoms with Crippen molar-refractivity contribution in [3.05, 3.63) is 29.3 Å². The van der Waals surface area contributed by atoms with Crippen LogP contribution >= 0.6 is 0 Å². The molecule has 20 heavy (non-hydrogen) atoms. The van der Waals surface area contributed by atoms with Crippen LogP contribution in [-0.4, -0.2) is 45.6 Å². The molecule has 0 unspecified atom stereocenters. The van der Waals surface area contributed by atoms with Crippen LogP contribution in [0, 0.1) is 13.8 Å². The van der Waals surface area contributed by atoms with Gasteiger partial charge in [-0.1, -0.05) is 12.1 Å². The van der Waals surface area contributed by atoms with E-state index in [9.17, 15) is 21.9 Å². The Balaban J connectivity index is 2.31. The van der Waals surface area contributed by atoms with Crippen LogP contribution < -0.4 is 4.72 Å². The largest absolute Gasteiger partial charge is 0.390 e. The lowest BCUT2D eigenvalue weighted by atomic mass is 10.2. The first kappa shape index (κ1) is 15.4. The third-order valence-corrected chi connectivity index (χ3v) is 6.61. The van der Waals surface area contributed by atoms with E-state index in [0.29, 0.717) is 5.56 Å². The first-order valence-electron chi connectivity index (χ1n) is 6.09. The summed E-state index contributed by atoms with van der Waals surface area (Å²) in [5.41, 5.74) is 1.36. The monoisotopic (exact) mass is 319 g/mol. The van der Waals surface area contributed by atoms with E-state index in [1.807, 2.05) is 0 Å². The van der Waals surface area contributed by atoms with Crippen molar-refractivity contribution in [3.63, 3.8) is 0 Å². The highest BCUT2D eigenvalue weighted by Crippen LogP contribution is 2.20. The minimum Gasteiger partial charge on any atom is -0.390 e. The zero-order chi connectivity index (χ0) is 15.1. The van der Waals surface area contributed by atoms with Crippen LogP contribution in [0.3, 0.4) is 0 Å². The van der Waals surface area contributed by atoms with Crippen molar-refractivity contribution in [1.29, 1.82) is 0 Å². The number of benzene rings is 1.